The molecule has 0 unspecified atom stereocenters. The molecule has 2 rings (SSSR count). The summed E-state index contributed by atoms with van der Waals surface area (Å²) in [7, 11) is 0. The Morgan fingerprint density at radius 1 is 1.06 bits per heavy atom. The van der Waals surface area contributed by atoms with Crippen LogP contribution >= 0.6 is 11.8 Å². The highest BCUT2D eigenvalue weighted by Crippen LogP contribution is 2.31. The summed E-state index contributed by atoms with van der Waals surface area (Å²) in [5, 5.41) is 9.24. The lowest BCUT2D eigenvalue weighted by Crippen LogP contribution is -1.85. The van der Waals surface area contributed by atoms with E-state index in [1.165, 1.54) is 16.0 Å². The highest BCUT2D eigenvalue weighted by Gasteiger charge is 2.02. The first kappa shape index (κ1) is 12.1. The molecule has 0 bridgehead atoms. The van der Waals surface area contributed by atoms with E-state index in [4.69, 9.17) is 0 Å². The molecule has 0 atom stereocenters. The second-order valence-electron chi connectivity index (χ2n) is 4.05. The summed E-state index contributed by atoms with van der Waals surface area (Å²) < 4.78 is 0. The zero-order valence-electron chi connectivity index (χ0n) is 10.1. The minimum absolute atomic E-state index is 0.312. The number of aromatic hydroxyl groups is 1. The standard InChI is InChI=1S/C15H16OS/c1-3-12-4-9-15(11(2)10-12)17-14-7-5-13(16)6-8-14/h4-10,16H,3H2,1-2H3. The topological polar surface area (TPSA) is 20.2 Å². The van der Waals surface area contributed by atoms with Crippen molar-refractivity contribution in [3.63, 3.8) is 0 Å². The maximum absolute atomic E-state index is 9.24. The first-order chi connectivity index (χ1) is 8.19. The van der Waals surface area contributed by atoms with E-state index in [1.54, 1.807) is 23.9 Å². The highest BCUT2D eigenvalue weighted by atomic mass is 32.2. The van der Waals surface area contributed by atoms with Gasteiger partial charge in [0.1, 0.15) is 5.75 Å². The maximum Gasteiger partial charge on any atom is 0.115 e. The average Bonchev–Trinajstić information content (AvgIpc) is 2.34. The summed E-state index contributed by atoms with van der Waals surface area (Å²) in [5.74, 6) is 0.312. The number of aryl methyl sites for hydroxylation is 2. The second kappa shape index (κ2) is 5.28. The Labute approximate surface area is 107 Å². The third kappa shape index (κ3) is 3.04. The Hall–Kier alpha value is -1.41. The molecule has 2 aromatic rings. The molecule has 0 fully saturated rings. The van der Waals surface area contributed by atoms with Gasteiger partial charge in [0.25, 0.3) is 0 Å². The van der Waals surface area contributed by atoms with Gasteiger partial charge in [-0.2, -0.15) is 0 Å². The third-order valence-corrected chi connectivity index (χ3v) is 3.90. The fraction of sp³-hybridized carbons (Fsp3) is 0.200. The number of hydrogen-bond donors (Lipinski definition) is 1. The molecule has 2 aromatic carbocycles. The van der Waals surface area contributed by atoms with Gasteiger partial charge in [0.05, 0.1) is 0 Å². The van der Waals surface area contributed by atoms with E-state index >= 15 is 0 Å². The van der Waals surface area contributed by atoms with Crippen molar-refractivity contribution in [2.45, 2.75) is 30.1 Å². The number of phenolic OH excluding ortho intramolecular Hbond substituents is 1. The number of hydrogen-bond acceptors (Lipinski definition) is 2. The molecular formula is C15H16OS. The maximum atomic E-state index is 9.24. The molecule has 0 aromatic heterocycles. The molecule has 0 heterocycles. The molecule has 0 amide bonds. The van der Waals surface area contributed by atoms with E-state index in [0.29, 0.717) is 5.75 Å². The lowest BCUT2D eigenvalue weighted by molar-refractivity contribution is 0.475. The summed E-state index contributed by atoms with van der Waals surface area (Å²) in [6.07, 6.45) is 1.07. The molecule has 0 radical (unpaired) electrons. The second-order valence-corrected chi connectivity index (χ2v) is 5.16. The van der Waals surface area contributed by atoms with E-state index < -0.39 is 0 Å². The summed E-state index contributed by atoms with van der Waals surface area (Å²) >= 11 is 1.73. The largest absolute Gasteiger partial charge is 0.508 e. The van der Waals surface area contributed by atoms with E-state index in [-0.39, 0.29) is 0 Å². The molecule has 0 aliphatic carbocycles. The molecule has 17 heavy (non-hydrogen) atoms. The van der Waals surface area contributed by atoms with Crippen molar-refractivity contribution in [3.05, 3.63) is 53.6 Å². The average molecular weight is 244 g/mol. The summed E-state index contributed by atoms with van der Waals surface area (Å²) in [6.45, 7) is 4.31. The smallest absolute Gasteiger partial charge is 0.115 e. The van der Waals surface area contributed by atoms with E-state index in [2.05, 4.69) is 32.0 Å². The van der Waals surface area contributed by atoms with E-state index in [0.717, 1.165) is 11.3 Å². The molecule has 0 saturated carbocycles. The zero-order valence-corrected chi connectivity index (χ0v) is 10.9. The van der Waals surface area contributed by atoms with Crippen molar-refractivity contribution in [1.82, 2.24) is 0 Å². The van der Waals surface area contributed by atoms with Crippen LogP contribution in [0, 0.1) is 6.92 Å². The SMILES string of the molecule is CCc1ccc(Sc2ccc(O)cc2)c(C)c1. The predicted octanol–water partition coefficient (Wildman–Crippen LogP) is 4.41. The fourth-order valence-electron chi connectivity index (χ4n) is 1.69. The Bertz CT molecular complexity index is 503. The quantitative estimate of drug-likeness (QED) is 0.862. The van der Waals surface area contributed by atoms with Gasteiger partial charge in [-0.25, -0.2) is 0 Å². The van der Waals surface area contributed by atoms with Crippen molar-refractivity contribution in [3.8, 4) is 5.75 Å². The molecule has 0 spiro atoms. The van der Waals surface area contributed by atoms with Crippen LogP contribution < -0.4 is 0 Å². The van der Waals surface area contributed by atoms with Crippen molar-refractivity contribution in [2.75, 3.05) is 0 Å². The lowest BCUT2D eigenvalue weighted by atomic mass is 10.1. The molecule has 1 nitrogen and oxygen atoms in total. The Kier molecular flexibility index (Phi) is 3.75. The normalized spacial score (nSPS) is 10.5. The van der Waals surface area contributed by atoms with Crippen LogP contribution in [0.4, 0.5) is 0 Å². The van der Waals surface area contributed by atoms with Gasteiger partial charge in [-0.3, -0.25) is 0 Å². The summed E-state index contributed by atoms with van der Waals surface area (Å²) in [5.41, 5.74) is 2.68. The molecular weight excluding hydrogens is 228 g/mol. The van der Waals surface area contributed by atoms with Gasteiger partial charge >= 0.3 is 0 Å². The van der Waals surface area contributed by atoms with Crippen molar-refractivity contribution >= 4 is 11.8 Å². The Balaban J connectivity index is 2.21. The summed E-state index contributed by atoms with van der Waals surface area (Å²) in [6, 6.07) is 13.9. The lowest BCUT2D eigenvalue weighted by Gasteiger charge is -2.07. The number of benzene rings is 2. The fourth-order valence-corrected chi connectivity index (χ4v) is 2.57. The van der Waals surface area contributed by atoms with E-state index in [1.807, 2.05) is 12.1 Å². The minimum atomic E-state index is 0.312. The van der Waals surface area contributed by atoms with Gasteiger partial charge in [0, 0.05) is 9.79 Å². The van der Waals surface area contributed by atoms with Crippen molar-refractivity contribution in [1.29, 1.82) is 0 Å². The highest BCUT2D eigenvalue weighted by molar-refractivity contribution is 7.99. The van der Waals surface area contributed by atoms with Crippen LogP contribution in [0.5, 0.6) is 5.75 Å². The molecule has 0 aliphatic rings. The Morgan fingerprint density at radius 3 is 2.35 bits per heavy atom. The number of phenols is 1. The molecule has 2 heteroatoms. The monoisotopic (exact) mass is 244 g/mol. The minimum Gasteiger partial charge on any atom is -0.508 e. The molecule has 88 valence electrons. The first-order valence-corrected chi connectivity index (χ1v) is 6.57. The third-order valence-electron chi connectivity index (χ3n) is 2.71. The van der Waals surface area contributed by atoms with Gasteiger partial charge in [0.2, 0.25) is 0 Å². The predicted molar refractivity (Wildman–Crippen MR) is 72.8 cm³/mol. The van der Waals surface area contributed by atoms with Crippen LogP contribution in [0.25, 0.3) is 0 Å². The van der Waals surface area contributed by atoms with Gasteiger partial charge in [-0.15, -0.1) is 0 Å². The summed E-state index contributed by atoms with van der Waals surface area (Å²) in [4.78, 5) is 2.42. The van der Waals surface area contributed by atoms with E-state index in [9.17, 15) is 5.11 Å². The first-order valence-electron chi connectivity index (χ1n) is 5.75. The molecule has 1 N–H and O–H groups in total. The van der Waals surface area contributed by atoms with Crippen LogP contribution in [-0.2, 0) is 6.42 Å². The molecule has 0 saturated heterocycles. The van der Waals surface area contributed by atoms with Gasteiger partial charge < -0.3 is 5.11 Å². The zero-order chi connectivity index (χ0) is 12.3. The van der Waals surface area contributed by atoms with Crippen LogP contribution in [0.15, 0.2) is 52.3 Å². The number of rotatable bonds is 3. The van der Waals surface area contributed by atoms with Crippen LogP contribution in [0.1, 0.15) is 18.1 Å². The van der Waals surface area contributed by atoms with Crippen molar-refractivity contribution in [2.24, 2.45) is 0 Å². The van der Waals surface area contributed by atoms with Crippen LogP contribution in [0.3, 0.4) is 0 Å². The molecule has 0 aliphatic heterocycles. The van der Waals surface area contributed by atoms with Crippen molar-refractivity contribution < 1.29 is 5.11 Å². The van der Waals surface area contributed by atoms with Crippen LogP contribution in [-0.4, -0.2) is 5.11 Å². The van der Waals surface area contributed by atoms with Gasteiger partial charge in [-0.1, -0.05) is 30.8 Å². The van der Waals surface area contributed by atoms with Gasteiger partial charge in [-0.05, 0) is 54.8 Å². The Morgan fingerprint density at radius 2 is 1.76 bits per heavy atom. The van der Waals surface area contributed by atoms with Gasteiger partial charge in [0.15, 0.2) is 0 Å². The van der Waals surface area contributed by atoms with Crippen LogP contribution in [0.2, 0.25) is 0 Å².